The molecule has 102 valence electrons. The molecular formula is C15H22N4. The first-order chi connectivity index (χ1) is 9.24. The van der Waals surface area contributed by atoms with E-state index in [0.717, 1.165) is 29.2 Å². The van der Waals surface area contributed by atoms with Crippen molar-refractivity contribution in [2.24, 2.45) is 5.92 Å². The van der Waals surface area contributed by atoms with Gasteiger partial charge in [0.15, 0.2) is 5.65 Å². The number of nitrogen functional groups attached to an aromatic ring is 1. The van der Waals surface area contributed by atoms with Crippen molar-refractivity contribution < 1.29 is 0 Å². The van der Waals surface area contributed by atoms with Crippen LogP contribution in [0.3, 0.4) is 0 Å². The third kappa shape index (κ3) is 2.57. The van der Waals surface area contributed by atoms with Crippen molar-refractivity contribution in [2.45, 2.75) is 52.0 Å². The molecule has 3 rings (SSSR count). The molecular weight excluding hydrogens is 236 g/mol. The van der Waals surface area contributed by atoms with Gasteiger partial charge in [-0.2, -0.15) is 0 Å². The van der Waals surface area contributed by atoms with Crippen LogP contribution in [0.25, 0.3) is 11.2 Å². The zero-order chi connectivity index (χ0) is 13.2. The highest BCUT2D eigenvalue weighted by Crippen LogP contribution is 2.29. The van der Waals surface area contributed by atoms with E-state index >= 15 is 0 Å². The van der Waals surface area contributed by atoms with Gasteiger partial charge in [-0.05, 0) is 37.3 Å². The van der Waals surface area contributed by atoms with Gasteiger partial charge >= 0.3 is 0 Å². The highest BCUT2D eigenvalue weighted by atomic mass is 15.2. The molecule has 1 aliphatic rings. The molecule has 4 nitrogen and oxygen atoms in total. The van der Waals surface area contributed by atoms with Crippen LogP contribution in [0.2, 0.25) is 0 Å². The van der Waals surface area contributed by atoms with Crippen molar-refractivity contribution >= 4 is 17.1 Å². The van der Waals surface area contributed by atoms with E-state index in [4.69, 9.17) is 5.73 Å². The number of fused-ring (bicyclic) bond motifs is 1. The average molecular weight is 258 g/mol. The molecule has 0 bridgehead atoms. The topological polar surface area (TPSA) is 56.7 Å². The highest BCUT2D eigenvalue weighted by Gasteiger charge is 2.15. The lowest BCUT2D eigenvalue weighted by Crippen LogP contribution is -2.05. The van der Waals surface area contributed by atoms with E-state index in [-0.39, 0.29) is 0 Å². The predicted octanol–water partition coefficient (Wildman–Crippen LogP) is 3.29. The molecule has 0 spiro atoms. The maximum Gasteiger partial charge on any atom is 0.202 e. The molecule has 0 radical (unpaired) electrons. The van der Waals surface area contributed by atoms with E-state index in [0.29, 0.717) is 5.95 Å². The van der Waals surface area contributed by atoms with Gasteiger partial charge < -0.3 is 5.73 Å². The molecule has 4 heteroatoms. The van der Waals surface area contributed by atoms with E-state index in [1.807, 2.05) is 19.2 Å². The number of hydrogen-bond donors (Lipinski definition) is 1. The zero-order valence-corrected chi connectivity index (χ0v) is 11.6. The lowest BCUT2D eigenvalue weighted by Gasteiger charge is -2.10. The Morgan fingerprint density at radius 1 is 1.37 bits per heavy atom. The Morgan fingerprint density at radius 3 is 2.95 bits per heavy atom. The van der Waals surface area contributed by atoms with Crippen LogP contribution in [0.15, 0.2) is 12.3 Å². The summed E-state index contributed by atoms with van der Waals surface area (Å²) in [6, 6.07) is 2.05. The van der Waals surface area contributed by atoms with Crippen molar-refractivity contribution in [3.63, 3.8) is 0 Å². The molecule has 19 heavy (non-hydrogen) atoms. The fourth-order valence-corrected chi connectivity index (χ4v) is 3.19. The van der Waals surface area contributed by atoms with Crippen molar-refractivity contribution in [3.05, 3.63) is 17.8 Å². The predicted molar refractivity (Wildman–Crippen MR) is 77.9 cm³/mol. The summed E-state index contributed by atoms with van der Waals surface area (Å²) in [5, 5.41) is 0. The van der Waals surface area contributed by atoms with Crippen LogP contribution in [0.1, 0.15) is 44.1 Å². The maximum absolute atomic E-state index is 6.01. The molecule has 1 aliphatic carbocycles. The molecule has 0 saturated heterocycles. The molecule has 0 unspecified atom stereocenters. The van der Waals surface area contributed by atoms with Gasteiger partial charge in [-0.25, -0.2) is 9.97 Å². The van der Waals surface area contributed by atoms with Gasteiger partial charge in [0.1, 0.15) is 5.52 Å². The normalized spacial score (nSPS) is 16.5. The minimum atomic E-state index is 0.597. The molecule has 2 aromatic rings. The number of pyridine rings is 1. The molecule has 0 aromatic carbocycles. The fraction of sp³-hybridized carbons (Fsp3) is 0.600. The van der Waals surface area contributed by atoms with Crippen molar-refractivity contribution in [2.75, 3.05) is 5.73 Å². The van der Waals surface area contributed by atoms with Crippen molar-refractivity contribution in [3.8, 4) is 0 Å². The lowest BCUT2D eigenvalue weighted by molar-refractivity contribution is 0.462. The molecule has 0 amide bonds. The van der Waals surface area contributed by atoms with Crippen LogP contribution in [0, 0.1) is 12.8 Å². The number of aryl methyl sites for hydroxylation is 2. The standard InChI is InChI=1S/C15H22N4/c1-11-9-13-14(17-10-11)19(15(16)18-13)8-4-7-12-5-2-3-6-12/h9-10,12H,2-8H2,1H3,(H2,16,18). The Kier molecular flexibility index (Phi) is 3.40. The number of anilines is 1. The van der Waals surface area contributed by atoms with Gasteiger partial charge in [-0.3, -0.25) is 4.57 Å². The first-order valence-electron chi connectivity index (χ1n) is 7.32. The summed E-state index contributed by atoms with van der Waals surface area (Å²) in [4.78, 5) is 8.88. The van der Waals surface area contributed by atoms with E-state index in [1.54, 1.807) is 0 Å². The number of hydrogen-bond acceptors (Lipinski definition) is 3. The average Bonchev–Trinajstić information content (AvgIpc) is 2.98. The van der Waals surface area contributed by atoms with Gasteiger partial charge in [0.2, 0.25) is 5.95 Å². The Morgan fingerprint density at radius 2 is 2.16 bits per heavy atom. The van der Waals surface area contributed by atoms with Gasteiger partial charge in [-0.1, -0.05) is 25.7 Å². The summed E-state index contributed by atoms with van der Waals surface area (Å²) in [7, 11) is 0. The molecule has 1 saturated carbocycles. The Labute approximate surface area is 114 Å². The van der Waals surface area contributed by atoms with E-state index in [2.05, 4.69) is 14.5 Å². The van der Waals surface area contributed by atoms with Crippen LogP contribution >= 0.6 is 0 Å². The van der Waals surface area contributed by atoms with Gasteiger partial charge in [-0.15, -0.1) is 0 Å². The third-order valence-electron chi connectivity index (χ3n) is 4.22. The van der Waals surface area contributed by atoms with Crippen LogP contribution in [0.5, 0.6) is 0 Å². The number of nitrogens with two attached hydrogens (primary N) is 1. The molecule has 0 atom stereocenters. The first kappa shape index (κ1) is 12.5. The second kappa shape index (κ2) is 5.19. The lowest BCUT2D eigenvalue weighted by atomic mass is 10.0. The summed E-state index contributed by atoms with van der Waals surface area (Å²) in [6.07, 6.45) is 10.0. The van der Waals surface area contributed by atoms with E-state index < -0.39 is 0 Å². The fourth-order valence-electron chi connectivity index (χ4n) is 3.19. The third-order valence-corrected chi connectivity index (χ3v) is 4.22. The zero-order valence-electron chi connectivity index (χ0n) is 11.6. The SMILES string of the molecule is Cc1cnc2c(c1)nc(N)n2CCCC1CCCC1. The summed E-state index contributed by atoms with van der Waals surface area (Å²) in [5.74, 6) is 1.53. The van der Waals surface area contributed by atoms with Crippen LogP contribution in [0.4, 0.5) is 5.95 Å². The van der Waals surface area contributed by atoms with E-state index in [9.17, 15) is 0 Å². The second-order valence-corrected chi connectivity index (χ2v) is 5.77. The maximum atomic E-state index is 6.01. The van der Waals surface area contributed by atoms with Gasteiger partial charge in [0.25, 0.3) is 0 Å². The smallest absolute Gasteiger partial charge is 0.202 e. The van der Waals surface area contributed by atoms with Crippen LogP contribution < -0.4 is 5.73 Å². The monoisotopic (exact) mass is 258 g/mol. The molecule has 2 heterocycles. The van der Waals surface area contributed by atoms with Gasteiger partial charge in [0.05, 0.1) is 0 Å². The van der Waals surface area contributed by atoms with Crippen molar-refractivity contribution in [1.29, 1.82) is 0 Å². The molecule has 0 aliphatic heterocycles. The summed E-state index contributed by atoms with van der Waals surface area (Å²) < 4.78 is 2.06. The first-order valence-corrected chi connectivity index (χ1v) is 7.32. The number of aromatic nitrogens is 3. The number of rotatable bonds is 4. The van der Waals surface area contributed by atoms with Crippen LogP contribution in [-0.4, -0.2) is 14.5 Å². The van der Waals surface area contributed by atoms with Crippen molar-refractivity contribution in [1.82, 2.24) is 14.5 Å². The minimum absolute atomic E-state index is 0.597. The summed E-state index contributed by atoms with van der Waals surface area (Å²) >= 11 is 0. The van der Waals surface area contributed by atoms with Crippen LogP contribution in [-0.2, 0) is 6.54 Å². The largest absolute Gasteiger partial charge is 0.369 e. The summed E-state index contributed by atoms with van der Waals surface area (Å²) in [5.41, 5.74) is 8.98. The Hall–Kier alpha value is -1.58. The molecule has 1 fully saturated rings. The highest BCUT2D eigenvalue weighted by molar-refractivity contribution is 5.74. The second-order valence-electron chi connectivity index (χ2n) is 5.77. The number of imidazole rings is 1. The number of nitrogens with zero attached hydrogens (tertiary/aromatic N) is 3. The molecule has 2 N–H and O–H groups in total. The quantitative estimate of drug-likeness (QED) is 0.915. The Balaban J connectivity index is 1.71. The minimum Gasteiger partial charge on any atom is -0.369 e. The molecule has 2 aromatic heterocycles. The van der Waals surface area contributed by atoms with Gasteiger partial charge in [0, 0.05) is 12.7 Å². The summed E-state index contributed by atoms with van der Waals surface area (Å²) in [6.45, 7) is 2.97. The Bertz CT molecular complexity index is 567. The van der Waals surface area contributed by atoms with E-state index in [1.165, 1.54) is 38.5 Å².